The van der Waals surface area contributed by atoms with Crippen molar-refractivity contribution in [2.75, 3.05) is 13.1 Å². The molecule has 0 saturated heterocycles. The molecule has 0 aliphatic carbocycles. The molecule has 8 heteroatoms. The van der Waals surface area contributed by atoms with E-state index in [1.165, 1.54) is 0 Å². The molecule has 0 spiro atoms. The summed E-state index contributed by atoms with van der Waals surface area (Å²) < 4.78 is 4.85. The second-order valence-corrected chi connectivity index (χ2v) is 6.39. The van der Waals surface area contributed by atoms with Gasteiger partial charge in [-0.15, -0.1) is 11.3 Å². The van der Waals surface area contributed by atoms with Crippen LogP contribution in [0.1, 0.15) is 16.9 Å². The zero-order valence-electron chi connectivity index (χ0n) is 13.4. The van der Waals surface area contributed by atoms with Gasteiger partial charge in [0.25, 0.3) is 5.91 Å². The molecule has 7 nitrogen and oxygen atoms in total. The SMILES string of the molecule is Cn1c(C(=O)NCC(=O)NCCCn2ccnc2)cc2sccc21. The van der Waals surface area contributed by atoms with Crippen LogP contribution in [-0.4, -0.2) is 39.0 Å². The smallest absolute Gasteiger partial charge is 0.268 e. The molecule has 3 heterocycles. The summed E-state index contributed by atoms with van der Waals surface area (Å²) in [4.78, 5) is 28.0. The van der Waals surface area contributed by atoms with Gasteiger partial charge >= 0.3 is 0 Å². The van der Waals surface area contributed by atoms with Crippen LogP contribution in [0.25, 0.3) is 10.2 Å². The van der Waals surface area contributed by atoms with Gasteiger partial charge in [-0.2, -0.15) is 0 Å². The quantitative estimate of drug-likeness (QED) is 0.635. The minimum atomic E-state index is -0.241. The van der Waals surface area contributed by atoms with E-state index in [0.29, 0.717) is 12.2 Å². The van der Waals surface area contributed by atoms with Gasteiger partial charge in [-0.25, -0.2) is 4.98 Å². The first kappa shape index (κ1) is 16.3. The highest BCUT2D eigenvalue weighted by molar-refractivity contribution is 7.17. The van der Waals surface area contributed by atoms with Crippen molar-refractivity contribution >= 4 is 33.4 Å². The molecule has 0 aliphatic rings. The van der Waals surface area contributed by atoms with Crippen molar-refractivity contribution in [1.29, 1.82) is 0 Å². The van der Waals surface area contributed by atoms with Crippen molar-refractivity contribution in [1.82, 2.24) is 24.8 Å². The molecular formula is C16H19N5O2S. The number of thiophene rings is 1. The topological polar surface area (TPSA) is 81.0 Å². The summed E-state index contributed by atoms with van der Waals surface area (Å²) in [7, 11) is 1.85. The molecule has 0 bridgehead atoms. The molecule has 2 N–H and O–H groups in total. The molecule has 3 rings (SSSR count). The summed E-state index contributed by atoms with van der Waals surface area (Å²) in [5, 5.41) is 7.45. The predicted octanol–water partition coefficient (Wildman–Crippen LogP) is 1.37. The number of nitrogens with one attached hydrogen (secondary N) is 2. The van der Waals surface area contributed by atoms with E-state index in [2.05, 4.69) is 15.6 Å². The average molecular weight is 345 g/mol. The highest BCUT2D eigenvalue weighted by Gasteiger charge is 2.14. The Labute approximate surface area is 143 Å². The number of amides is 2. The number of hydrogen-bond donors (Lipinski definition) is 2. The number of fused-ring (bicyclic) bond motifs is 1. The fraction of sp³-hybridized carbons (Fsp3) is 0.312. The Bertz CT molecular complexity index is 834. The van der Waals surface area contributed by atoms with Crippen LogP contribution in [-0.2, 0) is 18.4 Å². The lowest BCUT2D eigenvalue weighted by molar-refractivity contribution is -0.120. The molecule has 0 radical (unpaired) electrons. The molecule has 3 aromatic rings. The van der Waals surface area contributed by atoms with Crippen LogP contribution in [0, 0.1) is 0 Å². The van der Waals surface area contributed by atoms with Gasteiger partial charge in [0.2, 0.25) is 5.91 Å². The van der Waals surface area contributed by atoms with Crippen LogP contribution in [0.5, 0.6) is 0 Å². The molecule has 0 saturated carbocycles. The normalized spacial score (nSPS) is 10.9. The van der Waals surface area contributed by atoms with E-state index < -0.39 is 0 Å². The zero-order valence-corrected chi connectivity index (χ0v) is 14.2. The summed E-state index contributed by atoms with van der Waals surface area (Å²) in [5.74, 6) is -0.431. The van der Waals surface area contributed by atoms with E-state index in [9.17, 15) is 9.59 Å². The first-order chi connectivity index (χ1) is 11.6. The third kappa shape index (κ3) is 3.65. The second kappa shape index (κ2) is 7.31. The number of carbonyl (C=O) groups excluding carboxylic acids is 2. The van der Waals surface area contributed by atoms with E-state index in [1.54, 1.807) is 23.9 Å². The average Bonchev–Trinajstić information content (AvgIpc) is 3.29. The van der Waals surface area contributed by atoms with Gasteiger partial charge in [-0.05, 0) is 23.9 Å². The minimum Gasteiger partial charge on any atom is -0.355 e. The van der Waals surface area contributed by atoms with Crippen molar-refractivity contribution in [3.63, 3.8) is 0 Å². The molecule has 0 unspecified atom stereocenters. The van der Waals surface area contributed by atoms with E-state index in [0.717, 1.165) is 23.2 Å². The summed E-state index contributed by atoms with van der Waals surface area (Å²) >= 11 is 1.59. The molecule has 0 fully saturated rings. The fourth-order valence-corrected chi connectivity index (χ4v) is 3.34. The Morgan fingerprint density at radius 2 is 2.21 bits per heavy atom. The lowest BCUT2D eigenvalue weighted by Gasteiger charge is -2.08. The number of imidazole rings is 1. The van der Waals surface area contributed by atoms with Gasteiger partial charge in [0, 0.05) is 32.5 Å². The largest absolute Gasteiger partial charge is 0.355 e. The van der Waals surface area contributed by atoms with Crippen LogP contribution >= 0.6 is 11.3 Å². The van der Waals surface area contributed by atoms with Crippen molar-refractivity contribution in [3.05, 3.63) is 41.9 Å². The lowest BCUT2D eigenvalue weighted by atomic mass is 10.4. The third-order valence-corrected chi connectivity index (χ3v) is 4.63. The fourth-order valence-electron chi connectivity index (χ4n) is 2.49. The van der Waals surface area contributed by atoms with Gasteiger partial charge in [0.15, 0.2) is 0 Å². The molecule has 0 atom stereocenters. The number of carbonyl (C=O) groups is 2. The number of aromatic nitrogens is 3. The monoisotopic (exact) mass is 345 g/mol. The van der Waals surface area contributed by atoms with Gasteiger partial charge in [0.1, 0.15) is 5.69 Å². The van der Waals surface area contributed by atoms with Crippen LogP contribution in [0.4, 0.5) is 0 Å². The maximum absolute atomic E-state index is 12.2. The van der Waals surface area contributed by atoms with E-state index in [4.69, 9.17) is 0 Å². The molecular weight excluding hydrogens is 326 g/mol. The molecule has 126 valence electrons. The maximum Gasteiger partial charge on any atom is 0.268 e. The Morgan fingerprint density at radius 3 is 2.96 bits per heavy atom. The molecule has 0 aromatic carbocycles. The lowest BCUT2D eigenvalue weighted by Crippen LogP contribution is -2.38. The summed E-state index contributed by atoms with van der Waals surface area (Å²) in [6.07, 6.45) is 6.16. The van der Waals surface area contributed by atoms with E-state index >= 15 is 0 Å². The maximum atomic E-state index is 12.2. The minimum absolute atomic E-state index is 0.0251. The molecule has 3 aromatic heterocycles. The van der Waals surface area contributed by atoms with Crippen LogP contribution in [0.2, 0.25) is 0 Å². The van der Waals surface area contributed by atoms with Gasteiger partial charge < -0.3 is 19.8 Å². The Hall–Kier alpha value is -2.61. The molecule has 24 heavy (non-hydrogen) atoms. The number of hydrogen-bond acceptors (Lipinski definition) is 4. The Kier molecular flexibility index (Phi) is 4.95. The molecule has 2 amide bonds. The Balaban J connectivity index is 1.41. The van der Waals surface area contributed by atoms with Crippen molar-refractivity contribution in [2.24, 2.45) is 7.05 Å². The van der Waals surface area contributed by atoms with E-state index in [-0.39, 0.29) is 18.4 Å². The number of rotatable bonds is 7. The van der Waals surface area contributed by atoms with Crippen molar-refractivity contribution in [2.45, 2.75) is 13.0 Å². The molecule has 0 aliphatic heterocycles. The van der Waals surface area contributed by atoms with E-state index in [1.807, 2.05) is 39.9 Å². The predicted molar refractivity (Wildman–Crippen MR) is 93.0 cm³/mol. The van der Waals surface area contributed by atoms with Gasteiger partial charge in [-0.3, -0.25) is 9.59 Å². The Morgan fingerprint density at radius 1 is 1.33 bits per heavy atom. The van der Waals surface area contributed by atoms with Crippen LogP contribution in [0.3, 0.4) is 0 Å². The van der Waals surface area contributed by atoms with Crippen LogP contribution in [0.15, 0.2) is 36.2 Å². The van der Waals surface area contributed by atoms with Gasteiger partial charge in [-0.1, -0.05) is 0 Å². The van der Waals surface area contributed by atoms with Crippen LogP contribution < -0.4 is 10.6 Å². The first-order valence-electron chi connectivity index (χ1n) is 7.68. The summed E-state index contributed by atoms with van der Waals surface area (Å²) in [6, 6.07) is 3.82. The van der Waals surface area contributed by atoms with Gasteiger partial charge in [0.05, 0.1) is 23.1 Å². The second-order valence-electron chi connectivity index (χ2n) is 5.45. The van der Waals surface area contributed by atoms with Crippen molar-refractivity contribution < 1.29 is 9.59 Å². The first-order valence-corrected chi connectivity index (χ1v) is 8.56. The highest BCUT2D eigenvalue weighted by Crippen LogP contribution is 2.23. The number of nitrogens with zero attached hydrogens (tertiary/aromatic N) is 3. The van der Waals surface area contributed by atoms with Crippen molar-refractivity contribution in [3.8, 4) is 0 Å². The third-order valence-electron chi connectivity index (χ3n) is 3.78. The summed E-state index contributed by atoms with van der Waals surface area (Å²) in [6.45, 7) is 1.34. The highest BCUT2D eigenvalue weighted by atomic mass is 32.1. The number of aryl methyl sites for hydroxylation is 2. The summed E-state index contributed by atoms with van der Waals surface area (Å²) in [5.41, 5.74) is 1.58. The standard InChI is InChI=1S/C16H19N5O2S/c1-20-12-3-8-24-14(12)9-13(20)16(23)19-10-15(22)18-4-2-6-21-7-5-17-11-21/h3,5,7-9,11H,2,4,6,10H2,1H3,(H,18,22)(H,19,23). The zero-order chi connectivity index (χ0) is 16.9.